The fourth-order valence-electron chi connectivity index (χ4n) is 1.64. The third-order valence-corrected chi connectivity index (χ3v) is 2.75. The largest absolute Gasteiger partial charge is 0.481 e. The van der Waals surface area contributed by atoms with Crippen molar-refractivity contribution in [2.24, 2.45) is 0 Å². The van der Waals surface area contributed by atoms with Crippen molar-refractivity contribution < 1.29 is 23.5 Å². The number of unbranched alkanes of at least 4 members (excludes halogenated alkanes) is 1. The third-order valence-electron chi connectivity index (χ3n) is 2.75. The highest BCUT2D eigenvalue weighted by molar-refractivity contribution is 5.76. The molecule has 0 unspecified atom stereocenters. The van der Waals surface area contributed by atoms with E-state index in [2.05, 4.69) is 5.32 Å². The van der Waals surface area contributed by atoms with Crippen LogP contribution in [0.4, 0.5) is 8.78 Å². The zero-order chi connectivity index (χ0) is 15.0. The summed E-state index contributed by atoms with van der Waals surface area (Å²) in [4.78, 5) is 21.6. The maximum absolute atomic E-state index is 13.7. The maximum atomic E-state index is 13.7. The quantitative estimate of drug-likeness (QED) is 0.721. The normalized spacial score (nSPS) is 11.1. The van der Waals surface area contributed by atoms with Crippen molar-refractivity contribution in [2.45, 2.75) is 31.6 Å². The summed E-state index contributed by atoms with van der Waals surface area (Å²) < 4.78 is 27.4. The molecule has 0 saturated carbocycles. The Morgan fingerprint density at radius 3 is 2.30 bits per heavy atom. The molecule has 2 N–H and O–H groups in total. The molecule has 1 aromatic rings. The first kappa shape index (κ1) is 16.1. The predicted octanol–water partition coefficient (Wildman–Crippen LogP) is 2.54. The zero-order valence-corrected chi connectivity index (χ0v) is 10.9. The summed E-state index contributed by atoms with van der Waals surface area (Å²) in [5.41, 5.74) is -0.147. The molecular weight excluding hydrogens is 268 g/mol. The number of aliphatic carboxylic acids is 1. The Morgan fingerprint density at radius 1 is 1.10 bits per heavy atom. The van der Waals surface area contributed by atoms with Gasteiger partial charge >= 0.3 is 5.97 Å². The SMILES string of the molecule is O=C(O)CCCCC(=O)NCC(F)(F)c1ccccc1. The fourth-order valence-corrected chi connectivity index (χ4v) is 1.64. The van der Waals surface area contributed by atoms with E-state index in [1.165, 1.54) is 24.3 Å². The minimum atomic E-state index is -3.11. The first-order valence-electron chi connectivity index (χ1n) is 6.33. The van der Waals surface area contributed by atoms with E-state index in [1.54, 1.807) is 6.07 Å². The molecule has 0 aromatic heterocycles. The average Bonchev–Trinajstić information content (AvgIpc) is 2.42. The molecule has 1 amide bonds. The minimum Gasteiger partial charge on any atom is -0.481 e. The molecule has 0 radical (unpaired) electrons. The van der Waals surface area contributed by atoms with Gasteiger partial charge in [-0.1, -0.05) is 30.3 Å². The number of carboxylic acids is 1. The Labute approximate surface area is 115 Å². The number of nitrogens with one attached hydrogen (secondary N) is 1. The lowest BCUT2D eigenvalue weighted by Crippen LogP contribution is -2.34. The van der Waals surface area contributed by atoms with E-state index in [-0.39, 0.29) is 18.4 Å². The Balaban J connectivity index is 2.31. The fraction of sp³-hybridized carbons (Fsp3) is 0.429. The Bertz CT molecular complexity index is 449. The molecule has 0 aliphatic heterocycles. The molecule has 20 heavy (non-hydrogen) atoms. The molecule has 0 spiro atoms. The van der Waals surface area contributed by atoms with Crippen LogP contribution < -0.4 is 5.32 Å². The number of carbonyl (C=O) groups excluding carboxylic acids is 1. The second-order valence-corrected chi connectivity index (χ2v) is 4.45. The summed E-state index contributed by atoms with van der Waals surface area (Å²) in [5, 5.41) is 10.6. The second-order valence-electron chi connectivity index (χ2n) is 4.45. The van der Waals surface area contributed by atoms with E-state index in [1.807, 2.05) is 0 Å². The van der Waals surface area contributed by atoms with Gasteiger partial charge in [0, 0.05) is 18.4 Å². The molecule has 1 rings (SSSR count). The van der Waals surface area contributed by atoms with Crippen LogP contribution in [-0.2, 0) is 15.5 Å². The summed E-state index contributed by atoms with van der Waals surface area (Å²) >= 11 is 0. The number of benzene rings is 1. The summed E-state index contributed by atoms with van der Waals surface area (Å²) in [6.45, 7) is -0.755. The lowest BCUT2D eigenvalue weighted by molar-refractivity contribution is -0.137. The predicted molar refractivity (Wildman–Crippen MR) is 69.4 cm³/mol. The highest BCUT2D eigenvalue weighted by Crippen LogP contribution is 2.26. The number of carbonyl (C=O) groups is 2. The van der Waals surface area contributed by atoms with Crippen molar-refractivity contribution in [3.8, 4) is 0 Å². The number of amides is 1. The van der Waals surface area contributed by atoms with Crippen LogP contribution in [0.15, 0.2) is 30.3 Å². The monoisotopic (exact) mass is 285 g/mol. The maximum Gasteiger partial charge on any atom is 0.303 e. The highest BCUT2D eigenvalue weighted by atomic mass is 19.3. The molecule has 0 bridgehead atoms. The van der Waals surface area contributed by atoms with E-state index in [9.17, 15) is 18.4 Å². The number of hydrogen-bond acceptors (Lipinski definition) is 2. The lowest BCUT2D eigenvalue weighted by atomic mass is 10.1. The molecule has 1 aromatic carbocycles. The van der Waals surface area contributed by atoms with Gasteiger partial charge in [0.1, 0.15) is 0 Å². The molecule has 0 atom stereocenters. The van der Waals surface area contributed by atoms with Crippen molar-refractivity contribution in [2.75, 3.05) is 6.54 Å². The van der Waals surface area contributed by atoms with Crippen LogP contribution >= 0.6 is 0 Å². The van der Waals surface area contributed by atoms with Crippen LogP contribution in [0.5, 0.6) is 0 Å². The van der Waals surface area contributed by atoms with Crippen molar-refractivity contribution in [3.05, 3.63) is 35.9 Å². The molecule has 0 heterocycles. The highest BCUT2D eigenvalue weighted by Gasteiger charge is 2.31. The van der Waals surface area contributed by atoms with Gasteiger partial charge in [-0.15, -0.1) is 0 Å². The number of halogens is 2. The summed E-state index contributed by atoms with van der Waals surface area (Å²) in [7, 11) is 0. The van der Waals surface area contributed by atoms with Gasteiger partial charge in [-0.05, 0) is 12.8 Å². The van der Waals surface area contributed by atoms with Crippen LogP contribution in [0.3, 0.4) is 0 Å². The van der Waals surface area contributed by atoms with Gasteiger partial charge in [0.15, 0.2) is 0 Å². The molecule has 6 heteroatoms. The molecule has 0 saturated heterocycles. The van der Waals surface area contributed by atoms with Gasteiger partial charge in [-0.2, -0.15) is 8.78 Å². The van der Waals surface area contributed by atoms with Crippen molar-refractivity contribution >= 4 is 11.9 Å². The average molecular weight is 285 g/mol. The Kier molecular flexibility index (Phi) is 6.09. The first-order chi connectivity index (χ1) is 9.42. The topological polar surface area (TPSA) is 66.4 Å². The van der Waals surface area contributed by atoms with Gasteiger partial charge in [-0.25, -0.2) is 0 Å². The van der Waals surface area contributed by atoms with E-state index < -0.39 is 24.3 Å². The third kappa shape index (κ3) is 5.77. The molecule has 0 fully saturated rings. The van der Waals surface area contributed by atoms with E-state index >= 15 is 0 Å². The van der Waals surface area contributed by atoms with Gasteiger partial charge in [-0.3, -0.25) is 9.59 Å². The standard InChI is InChI=1S/C14H17F2NO3/c15-14(16,11-6-2-1-3-7-11)10-17-12(18)8-4-5-9-13(19)20/h1-3,6-7H,4-5,8-10H2,(H,17,18)(H,19,20). The zero-order valence-electron chi connectivity index (χ0n) is 10.9. The van der Waals surface area contributed by atoms with Crippen LogP contribution in [0.25, 0.3) is 0 Å². The molecule has 0 aliphatic carbocycles. The van der Waals surface area contributed by atoms with E-state index in [0.717, 1.165) is 0 Å². The van der Waals surface area contributed by atoms with Crippen LogP contribution in [0.2, 0.25) is 0 Å². The van der Waals surface area contributed by atoms with Gasteiger partial charge in [0.2, 0.25) is 5.91 Å². The summed E-state index contributed by atoms with van der Waals surface area (Å²) in [5.74, 6) is -4.54. The van der Waals surface area contributed by atoms with Crippen molar-refractivity contribution in [1.82, 2.24) is 5.32 Å². The Morgan fingerprint density at radius 2 is 1.70 bits per heavy atom. The van der Waals surface area contributed by atoms with E-state index in [4.69, 9.17) is 5.11 Å². The van der Waals surface area contributed by atoms with Crippen LogP contribution in [0.1, 0.15) is 31.2 Å². The second kappa shape index (κ2) is 7.57. The number of hydrogen-bond donors (Lipinski definition) is 2. The molecule has 4 nitrogen and oxygen atoms in total. The number of carboxylic acid groups (broad SMARTS) is 1. The lowest BCUT2D eigenvalue weighted by Gasteiger charge is -2.17. The van der Waals surface area contributed by atoms with Crippen molar-refractivity contribution in [3.63, 3.8) is 0 Å². The molecule has 0 aliphatic rings. The number of rotatable bonds is 8. The number of alkyl halides is 2. The van der Waals surface area contributed by atoms with Gasteiger partial charge in [0.05, 0.1) is 6.54 Å². The van der Waals surface area contributed by atoms with Crippen LogP contribution in [-0.4, -0.2) is 23.5 Å². The van der Waals surface area contributed by atoms with E-state index in [0.29, 0.717) is 12.8 Å². The Hall–Kier alpha value is -1.98. The van der Waals surface area contributed by atoms with Crippen LogP contribution in [0, 0.1) is 0 Å². The summed E-state index contributed by atoms with van der Waals surface area (Å²) in [6, 6.07) is 7.27. The molecular formula is C14H17F2NO3. The van der Waals surface area contributed by atoms with Gasteiger partial charge < -0.3 is 10.4 Å². The van der Waals surface area contributed by atoms with Gasteiger partial charge in [0.25, 0.3) is 5.92 Å². The van der Waals surface area contributed by atoms with Crippen molar-refractivity contribution in [1.29, 1.82) is 0 Å². The minimum absolute atomic E-state index is 0.0204. The molecule has 110 valence electrons. The smallest absolute Gasteiger partial charge is 0.303 e. The summed E-state index contributed by atoms with van der Waals surface area (Å²) in [6.07, 6.45) is 0.762. The first-order valence-corrected chi connectivity index (χ1v) is 6.33.